The Kier molecular flexibility index (Phi) is 4.07. The Bertz CT molecular complexity index is 622. The van der Waals surface area contributed by atoms with Gasteiger partial charge in [-0.15, -0.1) is 5.10 Å². The minimum Gasteiger partial charge on any atom is -0.339 e. The molecule has 0 aliphatic carbocycles. The van der Waals surface area contributed by atoms with Crippen molar-refractivity contribution in [2.24, 2.45) is 0 Å². The zero-order valence-corrected chi connectivity index (χ0v) is 12.5. The van der Waals surface area contributed by atoms with Gasteiger partial charge in [-0.1, -0.05) is 17.7 Å². The molecular weight excluding hydrogens is 293 g/mol. The van der Waals surface area contributed by atoms with Crippen molar-refractivity contribution < 1.29 is 4.39 Å². The van der Waals surface area contributed by atoms with Crippen molar-refractivity contribution in [1.82, 2.24) is 20.5 Å². The van der Waals surface area contributed by atoms with Gasteiger partial charge in [0.1, 0.15) is 0 Å². The van der Waals surface area contributed by atoms with E-state index < -0.39 is 5.82 Å². The number of halogens is 2. The molecule has 0 bridgehead atoms. The summed E-state index contributed by atoms with van der Waals surface area (Å²) in [6.07, 6.45) is 2.10. The van der Waals surface area contributed by atoms with Crippen molar-refractivity contribution in [3.8, 4) is 11.4 Å². The van der Waals surface area contributed by atoms with Gasteiger partial charge in [-0.25, -0.2) is 4.39 Å². The molecule has 0 saturated carbocycles. The van der Waals surface area contributed by atoms with Crippen LogP contribution in [0.5, 0.6) is 0 Å². The lowest BCUT2D eigenvalue weighted by atomic mass is 10.1. The summed E-state index contributed by atoms with van der Waals surface area (Å²) in [4.78, 5) is 6.50. The monoisotopic (exact) mass is 309 g/mol. The van der Waals surface area contributed by atoms with Crippen LogP contribution in [0.3, 0.4) is 0 Å². The number of H-pyrrole nitrogens is 1. The zero-order chi connectivity index (χ0) is 14.8. The van der Waals surface area contributed by atoms with Crippen molar-refractivity contribution >= 4 is 17.5 Å². The first-order valence-corrected chi connectivity index (χ1v) is 7.36. The number of nitrogens with zero attached hydrogens (tertiary/aromatic N) is 3. The van der Waals surface area contributed by atoms with Gasteiger partial charge in [0.25, 0.3) is 0 Å². The molecule has 0 radical (unpaired) electrons. The van der Waals surface area contributed by atoms with Crippen molar-refractivity contribution in [3.63, 3.8) is 0 Å². The lowest BCUT2D eigenvalue weighted by Gasteiger charge is -2.30. The molecule has 2 aromatic rings. The minimum absolute atomic E-state index is 0.0836. The number of hydrogen-bond acceptors (Lipinski definition) is 4. The van der Waals surface area contributed by atoms with Gasteiger partial charge in [-0.2, -0.15) is 4.98 Å². The molecular formula is C14H17ClFN5. The molecule has 0 spiro atoms. The first-order valence-electron chi connectivity index (χ1n) is 6.98. The van der Waals surface area contributed by atoms with Crippen molar-refractivity contribution in [2.75, 3.05) is 25.0 Å². The van der Waals surface area contributed by atoms with Crippen LogP contribution in [-0.4, -0.2) is 41.4 Å². The highest BCUT2D eigenvalue weighted by atomic mass is 35.5. The van der Waals surface area contributed by atoms with Gasteiger partial charge >= 0.3 is 0 Å². The molecule has 3 rings (SSSR count). The number of aromatic amines is 1. The smallest absolute Gasteiger partial charge is 0.245 e. The highest BCUT2D eigenvalue weighted by molar-refractivity contribution is 6.31. The van der Waals surface area contributed by atoms with Gasteiger partial charge in [-0.3, -0.25) is 5.10 Å². The van der Waals surface area contributed by atoms with Crippen LogP contribution in [0.4, 0.5) is 10.3 Å². The molecule has 0 unspecified atom stereocenters. The van der Waals surface area contributed by atoms with Gasteiger partial charge in [-0.05, 0) is 32.0 Å². The Morgan fingerprint density at radius 1 is 1.38 bits per heavy atom. The van der Waals surface area contributed by atoms with E-state index in [9.17, 15) is 4.39 Å². The molecule has 21 heavy (non-hydrogen) atoms. The number of nitrogens with one attached hydrogen (secondary N) is 2. The van der Waals surface area contributed by atoms with Crippen LogP contribution < -0.4 is 10.2 Å². The first kappa shape index (κ1) is 14.3. The summed E-state index contributed by atoms with van der Waals surface area (Å²) < 4.78 is 14.0. The summed E-state index contributed by atoms with van der Waals surface area (Å²) in [7, 11) is 1.98. The number of aromatic nitrogens is 3. The Hall–Kier alpha value is -1.66. The molecule has 1 aliphatic heterocycles. The second-order valence-corrected chi connectivity index (χ2v) is 5.54. The third-order valence-electron chi connectivity index (χ3n) is 3.87. The van der Waals surface area contributed by atoms with Gasteiger partial charge in [0, 0.05) is 19.1 Å². The normalized spacial score (nSPS) is 16.4. The molecule has 0 amide bonds. The average Bonchev–Trinajstić information content (AvgIpc) is 3.00. The summed E-state index contributed by atoms with van der Waals surface area (Å²) in [5, 5.41) is 10.4. The van der Waals surface area contributed by atoms with E-state index in [0.717, 1.165) is 25.9 Å². The van der Waals surface area contributed by atoms with E-state index in [4.69, 9.17) is 11.6 Å². The van der Waals surface area contributed by atoms with Gasteiger partial charge < -0.3 is 10.2 Å². The fraction of sp³-hybridized carbons (Fsp3) is 0.429. The van der Waals surface area contributed by atoms with Crippen LogP contribution in [0.25, 0.3) is 11.4 Å². The molecule has 1 fully saturated rings. The second kappa shape index (κ2) is 5.99. The maximum absolute atomic E-state index is 14.0. The standard InChI is InChI=1S/C14H17ClFN5/c1-17-9-5-7-21(8-6-9)14-18-13(19-20-14)10-3-2-4-11(15)12(10)16/h2-4,9,17H,5-8H2,1H3,(H,18,19,20). The predicted molar refractivity (Wildman–Crippen MR) is 81.1 cm³/mol. The van der Waals surface area contributed by atoms with Gasteiger partial charge in [0.2, 0.25) is 5.95 Å². The van der Waals surface area contributed by atoms with Crippen LogP contribution >= 0.6 is 11.6 Å². The maximum Gasteiger partial charge on any atom is 0.245 e. The van der Waals surface area contributed by atoms with Gasteiger partial charge in [0.05, 0.1) is 10.6 Å². The number of benzene rings is 1. The van der Waals surface area contributed by atoms with E-state index in [2.05, 4.69) is 25.4 Å². The highest BCUT2D eigenvalue weighted by Crippen LogP contribution is 2.26. The topological polar surface area (TPSA) is 56.8 Å². The second-order valence-electron chi connectivity index (χ2n) is 5.14. The Labute approximate surface area is 127 Å². The first-order chi connectivity index (χ1) is 10.2. The Balaban J connectivity index is 1.79. The van der Waals surface area contributed by atoms with E-state index in [1.165, 1.54) is 6.07 Å². The SMILES string of the molecule is CNC1CCN(c2n[nH]c(-c3cccc(Cl)c3F)n2)CC1. The van der Waals surface area contributed by atoms with Gasteiger partial charge in [0.15, 0.2) is 11.6 Å². The molecule has 2 N–H and O–H groups in total. The Morgan fingerprint density at radius 2 is 2.14 bits per heavy atom. The summed E-state index contributed by atoms with van der Waals surface area (Å²) in [5.41, 5.74) is 0.339. The van der Waals surface area contributed by atoms with E-state index >= 15 is 0 Å². The predicted octanol–water partition coefficient (Wildman–Crippen LogP) is 2.45. The van der Waals surface area contributed by atoms with E-state index in [1.807, 2.05) is 7.05 Å². The molecule has 1 saturated heterocycles. The molecule has 2 heterocycles. The highest BCUT2D eigenvalue weighted by Gasteiger charge is 2.21. The fourth-order valence-corrected chi connectivity index (χ4v) is 2.74. The maximum atomic E-state index is 14.0. The molecule has 1 aromatic heterocycles. The summed E-state index contributed by atoms with van der Waals surface area (Å²) in [6.45, 7) is 1.78. The van der Waals surface area contributed by atoms with Crippen LogP contribution in [0, 0.1) is 5.82 Å². The Morgan fingerprint density at radius 3 is 2.86 bits per heavy atom. The van der Waals surface area contributed by atoms with Crippen LogP contribution in [0.1, 0.15) is 12.8 Å². The minimum atomic E-state index is -0.476. The quantitative estimate of drug-likeness (QED) is 0.914. The molecule has 1 aromatic carbocycles. The van der Waals surface area contributed by atoms with E-state index in [1.54, 1.807) is 12.1 Å². The average molecular weight is 310 g/mol. The molecule has 112 valence electrons. The molecule has 1 aliphatic rings. The van der Waals surface area contributed by atoms with Crippen LogP contribution in [-0.2, 0) is 0 Å². The lowest BCUT2D eigenvalue weighted by Crippen LogP contribution is -2.41. The number of hydrogen-bond donors (Lipinski definition) is 2. The third kappa shape index (κ3) is 2.87. The largest absolute Gasteiger partial charge is 0.339 e. The summed E-state index contributed by atoms with van der Waals surface area (Å²) in [5.74, 6) is 0.537. The summed E-state index contributed by atoms with van der Waals surface area (Å²) >= 11 is 5.80. The molecule has 0 atom stereocenters. The van der Waals surface area contributed by atoms with E-state index in [-0.39, 0.29) is 5.02 Å². The van der Waals surface area contributed by atoms with Crippen LogP contribution in [0.2, 0.25) is 5.02 Å². The zero-order valence-electron chi connectivity index (χ0n) is 11.7. The van der Waals surface area contributed by atoms with Crippen molar-refractivity contribution in [3.05, 3.63) is 29.0 Å². The van der Waals surface area contributed by atoms with Crippen LogP contribution in [0.15, 0.2) is 18.2 Å². The third-order valence-corrected chi connectivity index (χ3v) is 4.16. The number of piperidine rings is 1. The van der Waals surface area contributed by atoms with Crippen molar-refractivity contribution in [2.45, 2.75) is 18.9 Å². The molecule has 5 nitrogen and oxygen atoms in total. The number of anilines is 1. The number of rotatable bonds is 3. The van der Waals surface area contributed by atoms with E-state index in [0.29, 0.717) is 23.4 Å². The lowest BCUT2D eigenvalue weighted by molar-refractivity contribution is 0.439. The van der Waals surface area contributed by atoms with Crippen molar-refractivity contribution in [1.29, 1.82) is 0 Å². The fourth-order valence-electron chi connectivity index (χ4n) is 2.57. The summed E-state index contributed by atoms with van der Waals surface area (Å²) in [6, 6.07) is 5.39. The molecule has 7 heteroatoms.